The molecule has 12 heteroatoms. The molecule has 3 aromatic heterocycles. The average molecular weight is 1240 g/mol. The molecule has 12 nitrogen and oxygen atoms in total. The molecule has 9 rings (SSSR count). The van der Waals surface area contributed by atoms with Crippen LogP contribution in [0.5, 0.6) is 0 Å². The minimum Gasteiger partial charge on any atom is -0.462 e. The molecular weight excluding hydrogens is 1140 g/mol. The number of esters is 4. The van der Waals surface area contributed by atoms with Gasteiger partial charge in [-0.25, -0.2) is 29.1 Å². The minimum atomic E-state index is -0.362. The average Bonchev–Trinajstić information content (AvgIpc) is 1.69. The van der Waals surface area contributed by atoms with E-state index in [1.165, 1.54) is 0 Å². The van der Waals surface area contributed by atoms with Crippen LogP contribution in [0.25, 0.3) is 90.9 Å². The summed E-state index contributed by atoms with van der Waals surface area (Å²) >= 11 is 0. The van der Waals surface area contributed by atoms with Crippen LogP contribution in [0, 0.1) is 23.7 Å². The summed E-state index contributed by atoms with van der Waals surface area (Å²) in [5, 5.41) is 0. The molecule has 0 aliphatic carbocycles. The van der Waals surface area contributed by atoms with Crippen LogP contribution in [0.3, 0.4) is 0 Å². The van der Waals surface area contributed by atoms with E-state index in [9.17, 15) is 19.2 Å². The molecule has 8 bridgehead atoms. The van der Waals surface area contributed by atoms with Gasteiger partial charge in [0.25, 0.3) is 0 Å². The summed E-state index contributed by atoms with van der Waals surface area (Å²) in [5.41, 5.74) is 14.0. The molecule has 7 aromatic rings. The van der Waals surface area contributed by atoms with Gasteiger partial charge in [0, 0.05) is 44.3 Å². The van der Waals surface area contributed by atoms with Gasteiger partial charge in [0.15, 0.2) is 0 Å². The van der Waals surface area contributed by atoms with Crippen LogP contribution in [0.4, 0.5) is 0 Å². The number of hydrogen-bond acceptors (Lipinski definition) is 10. The van der Waals surface area contributed by atoms with Crippen LogP contribution < -0.4 is 0 Å². The summed E-state index contributed by atoms with van der Waals surface area (Å²) in [4.78, 5) is 73.2. The number of nitrogens with zero attached hydrogens (tertiary/aromatic N) is 2. The zero-order valence-electron chi connectivity index (χ0n) is 55.5. The Kier molecular flexibility index (Phi) is 24.7. The Morgan fingerprint density at radius 3 is 0.707 bits per heavy atom. The first kappa shape index (κ1) is 67.7. The third kappa shape index (κ3) is 17.1. The standard InChI is InChI=1S/C80H94N4O8/c1-9-17-21-53(13-5)49-89-77(85)61-33-25-57(26-34-61)73-65-41-43-67(81-65)74(58-27-35-62(36-28-58)78(86)90-50-54(14-6)22-18-10-2)69-45-47-71(83-69)76(60-31-39-64(40-32-60)80(88)92-52-56(16-8)24-20-12-4)72-48-46-70(84-72)75(68-44-42-66(73)82-68)59-29-37-63(38-30-59)79(87)91-51-55(15-7)23-19-11-3/h25-48,53-56,81,84H,9-24,49-52H2,1-8H3. The number of carbonyl (C=O) groups excluding carboxylic acids is 4. The highest BCUT2D eigenvalue weighted by molar-refractivity contribution is 6.01. The molecule has 4 atom stereocenters. The molecule has 4 unspecified atom stereocenters. The normalized spacial score (nSPS) is 13.1. The lowest BCUT2D eigenvalue weighted by Crippen LogP contribution is -2.14. The van der Waals surface area contributed by atoms with Crippen molar-refractivity contribution in [2.24, 2.45) is 23.7 Å². The van der Waals surface area contributed by atoms with Crippen molar-refractivity contribution in [3.8, 4) is 44.5 Å². The highest BCUT2D eigenvalue weighted by Gasteiger charge is 2.23. The quantitative estimate of drug-likeness (QED) is 0.0306. The Labute approximate surface area is 544 Å². The van der Waals surface area contributed by atoms with E-state index in [0.717, 1.165) is 169 Å². The van der Waals surface area contributed by atoms with E-state index in [1.54, 1.807) is 0 Å². The molecular formula is C80H94N4O8. The van der Waals surface area contributed by atoms with Crippen LogP contribution in [-0.4, -0.2) is 70.2 Å². The molecule has 0 amide bonds. The summed E-state index contributed by atoms with van der Waals surface area (Å²) in [5.74, 6) is -0.227. The first-order valence-corrected chi connectivity index (χ1v) is 34.2. The number of benzene rings is 4. The summed E-state index contributed by atoms with van der Waals surface area (Å²) < 4.78 is 23.7. The topological polar surface area (TPSA) is 163 Å². The largest absolute Gasteiger partial charge is 0.462 e. The number of aromatic amines is 2. The van der Waals surface area contributed by atoms with Gasteiger partial charge in [-0.1, -0.05) is 181 Å². The maximum absolute atomic E-state index is 13.6. The van der Waals surface area contributed by atoms with E-state index >= 15 is 0 Å². The molecule has 5 heterocycles. The number of H-pyrrole nitrogens is 2. The second-order valence-electron chi connectivity index (χ2n) is 24.9. The van der Waals surface area contributed by atoms with Crippen molar-refractivity contribution >= 4 is 70.2 Å². The van der Waals surface area contributed by atoms with E-state index in [4.69, 9.17) is 28.9 Å². The fraction of sp³-hybridized carbons (Fsp3) is 0.400. The van der Waals surface area contributed by atoms with Crippen LogP contribution in [0.15, 0.2) is 121 Å². The monoisotopic (exact) mass is 1240 g/mol. The summed E-state index contributed by atoms with van der Waals surface area (Å²) in [6.45, 7) is 18.8. The second kappa shape index (κ2) is 33.6. The van der Waals surface area contributed by atoms with Gasteiger partial charge in [0.05, 0.1) is 71.5 Å². The number of unbranched alkanes of at least 4 members (excludes halogenated alkanes) is 4. The van der Waals surface area contributed by atoms with Gasteiger partial charge in [-0.05, 0) is 169 Å². The Hall–Kier alpha value is -8.64. The zero-order chi connectivity index (χ0) is 64.9. The summed E-state index contributed by atoms with van der Waals surface area (Å²) in [6, 6.07) is 38.3. The molecule has 482 valence electrons. The molecule has 0 radical (unpaired) electrons. The summed E-state index contributed by atoms with van der Waals surface area (Å²) in [7, 11) is 0. The number of aromatic nitrogens is 4. The fourth-order valence-electron chi connectivity index (χ4n) is 12.2. The number of hydrogen-bond donors (Lipinski definition) is 2. The van der Waals surface area contributed by atoms with Crippen LogP contribution in [0.1, 0.15) is 222 Å². The first-order valence-electron chi connectivity index (χ1n) is 34.2. The lowest BCUT2D eigenvalue weighted by molar-refractivity contribution is 0.0419. The predicted molar refractivity (Wildman–Crippen MR) is 375 cm³/mol. The van der Waals surface area contributed by atoms with Gasteiger partial charge in [0.2, 0.25) is 0 Å². The molecule has 92 heavy (non-hydrogen) atoms. The third-order valence-electron chi connectivity index (χ3n) is 18.4. The van der Waals surface area contributed by atoms with Gasteiger partial charge >= 0.3 is 23.9 Å². The predicted octanol–water partition coefficient (Wildman–Crippen LogP) is 20.8. The van der Waals surface area contributed by atoms with Crippen molar-refractivity contribution in [2.75, 3.05) is 26.4 Å². The van der Waals surface area contributed by atoms with Crippen molar-refractivity contribution in [2.45, 2.75) is 158 Å². The molecule has 4 aromatic carbocycles. The number of nitrogens with one attached hydrogen (secondary N) is 2. The highest BCUT2D eigenvalue weighted by Crippen LogP contribution is 2.39. The molecule has 0 spiro atoms. The Morgan fingerprint density at radius 2 is 0.522 bits per heavy atom. The summed E-state index contributed by atoms with van der Waals surface area (Å²) in [6.07, 6.45) is 24.6. The van der Waals surface area contributed by atoms with Crippen molar-refractivity contribution in [1.29, 1.82) is 0 Å². The Balaban J connectivity index is 1.23. The van der Waals surface area contributed by atoms with E-state index in [1.807, 2.05) is 146 Å². The number of carbonyl (C=O) groups is 4. The van der Waals surface area contributed by atoms with Crippen LogP contribution in [0.2, 0.25) is 0 Å². The third-order valence-corrected chi connectivity index (χ3v) is 18.4. The van der Waals surface area contributed by atoms with E-state index in [2.05, 4.69) is 65.4 Å². The van der Waals surface area contributed by atoms with Crippen molar-refractivity contribution in [3.05, 3.63) is 166 Å². The van der Waals surface area contributed by atoms with Gasteiger partial charge < -0.3 is 28.9 Å². The first-order chi connectivity index (χ1) is 44.9. The van der Waals surface area contributed by atoms with Gasteiger partial charge in [-0.2, -0.15) is 0 Å². The maximum atomic E-state index is 13.6. The van der Waals surface area contributed by atoms with Crippen molar-refractivity contribution in [3.63, 3.8) is 0 Å². The van der Waals surface area contributed by atoms with Gasteiger partial charge in [0.1, 0.15) is 0 Å². The molecule has 2 aliphatic rings. The van der Waals surface area contributed by atoms with Gasteiger partial charge in [-0.3, -0.25) is 0 Å². The minimum absolute atomic E-state index is 0.305. The van der Waals surface area contributed by atoms with E-state index < -0.39 is 0 Å². The lowest BCUT2D eigenvalue weighted by Gasteiger charge is -2.15. The smallest absolute Gasteiger partial charge is 0.338 e. The van der Waals surface area contributed by atoms with E-state index in [0.29, 0.717) is 95.1 Å². The Morgan fingerprint density at radius 1 is 0.315 bits per heavy atom. The molecule has 0 saturated heterocycles. The van der Waals surface area contributed by atoms with Crippen LogP contribution in [-0.2, 0) is 18.9 Å². The zero-order valence-corrected chi connectivity index (χ0v) is 55.5. The maximum Gasteiger partial charge on any atom is 0.338 e. The van der Waals surface area contributed by atoms with Gasteiger partial charge in [-0.15, -0.1) is 0 Å². The molecule has 0 fully saturated rings. The fourth-order valence-corrected chi connectivity index (χ4v) is 12.2. The van der Waals surface area contributed by atoms with Crippen molar-refractivity contribution < 1.29 is 38.1 Å². The number of fused-ring (bicyclic) bond motifs is 8. The number of ether oxygens (including phenoxy) is 4. The van der Waals surface area contributed by atoms with Crippen LogP contribution >= 0.6 is 0 Å². The van der Waals surface area contributed by atoms with Crippen molar-refractivity contribution in [1.82, 2.24) is 19.9 Å². The highest BCUT2D eigenvalue weighted by atomic mass is 16.5. The SMILES string of the molecule is CCCCC(CC)COC(=O)c1ccc(-c2c3nc(c(-c4ccc(C(=O)OCC(CC)CCCC)cc4)c4ccc([nH]4)c(-c4ccc(C(=O)OCC(CC)CCCC)cc4)c4nc(c(-c5ccc(C(=O)OCC(CC)CCCC)cc5)c5ccc2[nH]5)C=C4)C=C3)cc1. The Bertz CT molecular complexity index is 3360. The molecule has 2 aliphatic heterocycles. The number of rotatable bonds is 32. The lowest BCUT2D eigenvalue weighted by atomic mass is 10.0. The molecule has 0 saturated carbocycles. The van der Waals surface area contributed by atoms with E-state index in [-0.39, 0.29) is 23.9 Å². The molecule has 2 N–H and O–H groups in total. The second-order valence-corrected chi connectivity index (χ2v) is 24.9.